The molecule has 98 valence electrons. The van der Waals surface area contributed by atoms with Gasteiger partial charge in [-0.3, -0.25) is 4.79 Å². The molecular weight excluding hydrogens is 412 g/mol. The number of benzene rings is 1. The van der Waals surface area contributed by atoms with E-state index in [1.807, 2.05) is 27.5 Å². The minimum atomic E-state index is -0.299. The first kappa shape index (κ1) is 14.2. The molecule has 0 saturated heterocycles. The summed E-state index contributed by atoms with van der Waals surface area (Å²) in [5, 5.41) is 0.771. The molecule has 2 rings (SSSR count). The predicted molar refractivity (Wildman–Crippen MR) is 81.6 cm³/mol. The van der Waals surface area contributed by atoms with E-state index in [2.05, 4.69) is 15.9 Å². The Morgan fingerprint density at radius 3 is 2.72 bits per heavy atom. The van der Waals surface area contributed by atoms with Crippen molar-refractivity contribution in [2.24, 2.45) is 0 Å². The van der Waals surface area contributed by atoms with E-state index in [1.54, 1.807) is 6.07 Å². The first-order valence-electron chi connectivity index (χ1n) is 5.95. The molecule has 1 saturated carbocycles. The molecule has 1 amide bonds. The zero-order valence-corrected chi connectivity index (χ0v) is 13.6. The number of hydrogen-bond donors (Lipinski definition) is 0. The van der Waals surface area contributed by atoms with Gasteiger partial charge >= 0.3 is 0 Å². The highest BCUT2D eigenvalue weighted by Gasteiger charge is 2.29. The van der Waals surface area contributed by atoms with Gasteiger partial charge in [0, 0.05) is 21.5 Å². The molecule has 18 heavy (non-hydrogen) atoms. The van der Waals surface area contributed by atoms with Gasteiger partial charge in [0.25, 0.3) is 5.91 Å². The molecular formula is C13H14BrFINO. The van der Waals surface area contributed by atoms with Crippen molar-refractivity contribution in [3.05, 3.63) is 33.1 Å². The number of nitrogens with zero attached hydrogens (tertiary/aromatic N) is 1. The molecule has 0 heterocycles. The molecule has 1 aromatic carbocycles. The van der Waals surface area contributed by atoms with Gasteiger partial charge < -0.3 is 4.90 Å². The summed E-state index contributed by atoms with van der Waals surface area (Å²) in [6, 6.07) is 4.69. The lowest BCUT2D eigenvalue weighted by Gasteiger charge is -2.37. The van der Waals surface area contributed by atoms with Gasteiger partial charge in [-0.2, -0.15) is 0 Å². The molecule has 1 fully saturated rings. The van der Waals surface area contributed by atoms with Crippen molar-refractivity contribution in [1.82, 2.24) is 4.90 Å². The van der Waals surface area contributed by atoms with E-state index >= 15 is 0 Å². The van der Waals surface area contributed by atoms with Crippen LogP contribution >= 0.6 is 38.5 Å². The van der Waals surface area contributed by atoms with Crippen LogP contribution in [0.4, 0.5) is 4.39 Å². The van der Waals surface area contributed by atoms with Crippen molar-refractivity contribution in [1.29, 1.82) is 0 Å². The second kappa shape index (κ2) is 6.32. The number of amides is 1. The topological polar surface area (TPSA) is 20.3 Å². The van der Waals surface area contributed by atoms with Crippen LogP contribution in [0.2, 0.25) is 0 Å². The number of hydrogen-bond acceptors (Lipinski definition) is 1. The number of rotatable bonds is 4. The Balaban J connectivity index is 2.21. The third kappa shape index (κ3) is 3.04. The highest BCUT2D eigenvalue weighted by Crippen LogP contribution is 2.27. The van der Waals surface area contributed by atoms with Crippen LogP contribution in [-0.2, 0) is 0 Å². The molecule has 0 radical (unpaired) electrons. The van der Waals surface area contributed by atoms with Gasteiger partial charge in [-0.05, 0) is 60.1 Å². The van der Waals surface area contributed by atoms with E-state index in [1.165, 1.54) is 18.6 Å². The predicted octanol–water partition coefficient (Wildman–Crippen LogP) is 3.82. The van der Waals surface area contributed by atoms with Crippen LogP contribution in [0.15, 0.2) is 18.2 Å². The molecule has 0 spiro atoms. The zero-order valence-electron chi connectivity index (χ0n) is 9.83. The van der Waals surface area contributed by atoms with Crippen molar-refractivity contribution in [2.45, 2.75) is 25.3 Å². The SMILES string of the molecule is O=C(c1ccc(F)cc1I)N(CCBr)C1CCC1. The van der Waals surface area contributed by atoms with Crippen LogP contribution in [0.3, 0.4) is 0 Å². The van der Waals surface area contributed by atoms with Crippen LogP contribution in [0.25, 0.3) is 0 Å². The number of halogens is 3. The molecule has 1 aliphatic carbocycles. The van der Waals surface area contributed by atoms with Crippen molar-refractivity contribution >= 4 is 44.4 Å². The molecule has 0 aromatic heterocycles. The van der Waals surface area contributed by atoms with Crippen molar-refractivity contribution < 1.29 is 9.18 Å². The van der Waals surface area contributed by atoms with Crippen LogP contribution in [0.1, 0.15) is 29.6 Å². The second-order valence-corrected chi connectivity index (χ2v) is 6.35. The third-order valence-electron chi connectivity index (χ3n) is 3.26. The van der Waals surface area contributed by atoms with Gasteiger partial charge in [0.05, 0.1) is 5.56 Å². The molecule has 1 aliphatic rings. The molecule has 0 unspecified atom stereocenters. The molecule has 0 atom stereocenters. The van der Waals surface area contributed by atoms with E-state index < -0.39 is 0 Å². The minimum Gasteiger partial charge on any atom is -0.335 e. The molecule has 0 aliphatic heterocycles. The summed E-state index contributed by atoms with van der Waals surface area (Å²) in [4.78, 5) is 14.4. The maximum Gasteiger partial charge on any atom is 0.255 e. The summed E-state index contributed by atoms with van der Waals surface area (Å²) in [5.41, 5.74) is 0.602. The standard InChI is InChI=1S/C13H14BrFINO/c14-6-7-17(10-2-1-3-10)13(18)11-5-4-9(15)8-12(11)16/h4-5,8,10H,1-3,6-7H2. The van der Waals surface area contributed by atoms with Crippen molar-refractivity contribution in [3.63, 3.8) is 0 Å². The van der Waals surface area contributed by atoms with Crippen LogP contribution in [0, 0.1) is 9.39 Å². The molecule has 0 N–H and O–H groups in total. The smallest absolute Gasteiger partial charge is 0.255 e. The van der Waals surface area contributed by atoms with Gasteiger partial charge in [-0.1, -0.05) is 15.9 Å². The van der Waals surface area contributed by atoms with Gasteiger partial charge in [-0.25, -0.2) is 4.39 Å². The summed E-state index contributed by atoms with van der Waals surface area (Å²) in [6.07, 6.45) is 3.35. The summed E-state index contributed by atoms with van der Waals surface area (Å²) < 4.78 is 13.7. The summed E-state index contributed by atoms with van der Waals surface area (Å²) >= 11 is 5.40. The lowest BCUT2D eigenvalue weighted by atomic mass is 9.91. The second-order valence-electron chi connectivity index (χ2n) is 4.40. The Labute approximate surface area is 128 Å². The molecule has 0 bridgehead atoms. The lowest BCUT2D eigenvalue weighted by Crippen LogP contribution is -2.45. The van der Waals surface area contributed by atoms with Gasteiger partial charge in [0.15, 0.2) is 0 Å². The van der Waals surface area contributed by atoms with E-state index in [0.717, 1.165) is 18.2 Å². The summed E-state index contributed by atoms with van der Waals surface area (Å²) in [7, 11) is 0. The largest absolute Gasteiger partial charge is 0.335 e. The van der Waals surface area contributed by atoms with Gasteiger partial charge in [0.1, 0.15) is 5.82 Å². The average Bonchev–Trinajstić information content (AvgIpc) is 2.25. The molecule has 2 nitrogen and oxygen atoms in total. The highest BCUT2D eigenvalue weighted by molar-refractivity contribution is 14.1. The van der Waals surface area contributed by atoms with Crippen molar-refractivity contribution in [2.75, 3.05) is 11.9 Å². The normalized spacial score (nSPS) is 15.3. The summed E-state index contributed by atoms with van der Waals surface area (Å²) in [5.74, 6) is -0.282. The summed E-state index contributed by atoms with van der Waals surface area (Å²) in [6.45, 7) is 0.705. The monoisotopic (exact) mass is 425 g/mol. The van der Waals surface area contributed by atoms with Crippen LogP contribution in [-0.4, -0.2) is 28.7 Å². The van der Waals surface area contributed by atoms with Gasteiger partial charge in [0.2, 0.25) is 0 Å². The molecule has 5 heteroatoms. The zero-order chi connectivity index (χ0) is 13.1. The Hall–Kier alpha value is -0.170. The fourth-order valence-corrected chi connectivity index (χ4v) is 3.15. The lowest BCUT2D eigenvalue weighted by molar-refractivity contribution is 0.0598. The Kier molecular flexibility index (Phi) is 5.00. The van der Waals surface area contributed by atoms with Crippen LogP contribution in [0.5, 0.6) is 0 Å². The van der Waals surface area contributed by atoms with Gasteiger partial charge in [-0.15, -0.1) is 0 Å². The van der Waals surface area contributed by atoms with E-state index in [4.69, 9.17) is 0 Å². The maximum absolute atomic E-state index is 13.1. The first-order chi connectivity index (χ1) is 8.63. The number of carbonyl (C=O) groups excluding carboxylic acids is 1. The molecule has 1 aromatic rings. The quantitative estimate of drug-likeness (QED) is 0.530. The van der Waals surface area contributed by atoms with Crippen molar-refractivity contribution in [3.8, 4) is 0 Å². The first-order valence-corrected chi connectivity index (χ1v) is 8.15. The third-order valence-corrected chi connectivity index (χ3v) is 4.51. The highest BCUT2D eigenvalue weighted by atomic mass is 127. The fourth-order valence-electron chi connectivity index (χ4n) is 2.06. The average molecular weight is 426 g/mol. The maximum atomic E-state index is 13.1. The van der Waals surface area contributed by atoms with E-state index in [0.29, 0.717) is 21.7 Å². The van der Waals surface area contributed by atoms with E-state index in [9.17, 15) is 9.18 Å². The number of alkyl halides is 1. The van der Waals surface area contributed by atoms with E-state index in [-0.39, 0.29) is 11.7 Å². The Bertz CT molecular complexity index is 451. The number of carbonyl (C=O) groups is 1. The Morgan fingerprint density at radius 1 is 1.50 bits per heavy atom. The fraction of sp³-hybridized carbons (Fsp3) is 0.462. The van der Waals surface area contributed by atoms with Crippen LogP contribution < -0.4 is 0 Å². The Morgan fingerprint density at radius 2 is 2.22 bits per heavy atom. The minimum absolute atomic E-state index is 0.0172.